The van der Waals surface area contributed by atoms with Gasteiger partial charge in [0.1, 0.15) is 23.6 Å². The molecule has 0 spiro atoms. The van der Waals surface area contributed by atoms with Gasteiger partial charge < -0.3 is 14.6 Å². The number of aliphatic hydroxyl groups is 1. The van der Waals surface area contributed by atoms with Crippen molar-refractivity contribution in [2.24, 2.45) is 34.5 Å². The summed E-state index contributed by atoms with van der Waals surface area (Å²) in [5, 5.41) is 12.1. The van der Waals surface area contributed by atoms with Crippen LogP contribution in [-0.4, -0.2) is 40.6 Å². The molecule has 0 radical (unpaired) electrons. The van der Waals surface area contributed by atoms with Crippen LogP contribution < -0.4 is 0 Å². The minimum Gasteiger partial charge on any atom is -0.462 e. The first-order valence-corrected chi connectivity index (χ1v) is 12.0. The summed E-state index contributed by atoms with van der Waals surface area (Å²) < 4.78 is 11.3. The lowest BCUT2D eigenvalue weighted by atomic mass is 9.42. The number of carbonyl (C=O) groups is 3. The van der Waals surface area contributed by atoms with E-state index in [4.69, 9.17) is 9.47 Å². The second kappa shape index (κ2) is 7.57. The summed E-state index contributed by atoms with van der Waals surface area (Å²) in [6, 6.07) is 0. The molecule has 174 valence electrons. The van der Waals surface area contributed by atoms with Crippen molar-refractivity contribution in [1.82, 2.24) is 0 Å². The van der Waals surface area contributed by atoms with Crippen molar-refractivity contribution in [1.29, 1.82) is 0 Å². The zero-order valence-corrected chi connectivity index (χ0v) is 19.6. The molecule has 0 aromatic rings. The molecule has 4 saturated carbocycles. The minimum atomic E-state index is -1.22. The molecule has 0 amide bonds. The third-order valence-corrected chi connectivity index (χ3v) is 9.92. The Morgan fingerprint density at radius 1 is 0.871 bits per heavy atom. The molecule has 31 heavy (non-hydrogen) atoms. The standard InChI is InChI=1S/C25H38O6/c1-14(26)19-6-7-20-18-12-22(31-16(3)28)25(29)13-17(30-15(2)27)8-11-24(25,5)21(18)9-10-23(19,20)4/h17-22,29H,6-13H2,1-5H3/t17-,18-,19+,20-,21-,22+,23+,24+,25-/m0/s1. The van der Waals surface area contributed by atoms with Crippen LogP contribution in [0.2, 0.25) is 0 Å². The summed E-state index contributed by atoms with van der Waals surface area (Å²) >= 11 is 0. The fraction of sp³-hybridized carbons (Fsp3) is 0.880. The van der Waals surface area contributed by atoms with Crippen LogP contribution in [0.3, 0.4) is 0 Å². The maximum absolute atomic E-state index is 12.4. The van der Waals surface area contributed by atoms with E-state index in [-0.39, 0.29) is 29.4 Å². The van der Waals surface area contributed by atoms with Gasteiger partial charge in [0.2, 0.25) is 0 Å². The molecule has 0 bridgehead atoms. The second-order valence-electron chi connectivity index (χ2n) is 11.3. The highest BCUT2D eigenvalue weighted by atomic mass is 16.6. The molecule has 4 rings (SSSR count). The van der Waals surface area contributed by atoms with Gasteiger partial charge in [-0.15, -0.1) is 0 Å². The van der Waals surface area contributed by atoms with Gasteiger partial charge in [-0.3, -0.25) is 14.4 Å². The molecule has 6 nitrogen and oxygen atoms in total. The number of Topliss-reactive ketones (excluding diaryl/α,β-unsaturated/α-hetero) is 1. The van der Waals surface area contributed by atoms with Gasteiger partial charge in [0.25, 0.3) is 0 Å². The predicted molar refractivity (Wildman–Crippen MR) is 114 cm³/mol. The Morgan fingerprint density at radius 2 is 1.55 bits per heavy atom. The third kappa shape index (κ3) is 3.35. The molecule has 6 heteroatoms. The van der Waals surface area contributed by atoms with Gasteiger partial charge in [-0.2, -0.15) is 0 Å². The second-order valence-corrected chi connectivity index (χ2v) is 11.3. The molecule has 0 aromatic carbocycles. The number of esters is 2. The quantitative estimate of drug-likeness (QED) is 0.679. The van der Waals surface area contributed by atoms with E-state index in [0.717, 1.165) is 32.1 Å². The normalized spacial score (nSPS) is 48.7. The lowest BCUT2D eigenvalue weighted by molar-refractivity contribution is -0.270. The molecule has 9 atom stereocenters. The van der Waals surface area contributed by atoms with Crippen molar-refractivity contribution < 1.29 is 29.0 Å². The highest BCUT2D eigenvalue weighted by Crippen LogP contribution is 2.68. The monoisotopic (exact) mass is 434 g/mol. The third-order valence-electron chi connectivity index (χ3n) is 9.92. The molecule has 4 fully saturated rings. The minimum absolute atomic E-state index is 0.00542. The molecule has 4 aliphatic rings. The highest BCUT2D eigenvalue weighted by Gasteiger charge is 2.69. The van der Waals surface area contributed by atoms with Crippen LogP contribution in [0, 0.1) is 34.5 Å². The topological polar surface area (TPSA) is 89.9 Å². The van der Waals surface area contributed by atoms with Gasteiger partial charge in [0.15, 0.2) is 0 Å². The van der Waals surface area contributed by atoms with Crippen LogP contribution in [-0.2, 0) is 23.9 Å². The molecular weight excluding hydrogens is 396 g/mol. The summed E-state index contributed by atoms with van der Waals surface area (Å²) in [4.78, 5) is 36.0. The smallest absolute Gasteiger partial charge is 0.303 e. The molecule has 4 aliphatic carbocycles. The van der Waals surface area contributed by atoms with Gasteiger partial charge >= 0.3 is 11.9 Å². The largest absolute Gasteiger partial charge is 0.462 e. The van der Waals surface area contributed by atoms with Crippen molar-refractivity contribution >= 4 is 17.7 Å². The lowest BCUT2D eigenvalue weighted by Gasteiger charge is -2.65. The van der Waals surface area contributed by atoms with Gasteiger partial charge in [-0.05, 0) is 75.0 Å². The van der Waals surface area contributed by atoms with Gasteiger partial charge in [-0.1, -0.05) is 13.8 Å². The van der Waals surface area contributed by atoms with Crippen molar-refractivity contribution in [3.63, 3.8) is 0 Å². The fourth-order valence-electron chi connectivity index (χ4n) is 8.56. The Labute approximate surface area is 185 Å². The predicted octanol–water partition coefficient (Wildman–Crippen LogP) is 3.82. The van der Waals surface area contributed by atoms with Crippen LogP contribution in [0.5, 0.6) is 0 Å². The SMILES string of the molecule is CC(=O)O[C@H]1CC[C@]2(C)[C@H]3CC[C@]4(C)[C@@H](C(C)=O)CC[C@H]4[C@@H]3C[C@@H](OC(C)=O)[C@@]2(O)C1. The van der Waals surface area contributed by atoms with Crippen molar-refractivity contribution in [2.75, 3.05) is 0 Å². The first kappa shape index (κ1) is 22.8. The molecular formula is C25H38O6. The average Bonchev–Trinajstić information content (AvgIpc) is 3.00. The Hall–Kier alpha value is -1.43. The van der Waals surface area contributed by atoms with Crippen molar-refractivity contribution in [2.45, 2.75) is 104 Å². The zero-order valence-electron chi connectivity index (χ0n) is 19.6. The first-order valence-electron chi connectivity index (χ1n) is 12.0. The number of rotatable bonds is 3. The van der Waals surface area contributed by atoms with Gasteiger partial charge in [-0.25, -0.2) is 0 Å². The van der Waals surface area contributed by atoms with E-state index in [1.807, 2.05) is 0 Å². The molecule has 0 saturated heterocycles. The van der Waals surface area contributed by atoms with E-state index < -0.39 is 17.1 Å². The molecule has 0 unspecified atom stereocenters. The number of fused-ring (bicyclic) bond motifs is 5. The van der Waals surface area contributed by atoms with E-state index in [1.54, 1.807) is 6.92 Å². The lowest BCUT2D eigenvalue weighted by Crippen LogP contribution is -2.69. The Balaban J connectivity index is 1.70. The average molecular weight is 435 g/mol. The van der Waals surface area contributed by atoms with Crippen LogP contribution in [0.1, 0.15) is 86.0 Å². The Kier molecular flexibility index (Phi) is 5.55. The Bertz CT molecular complexity index is 778. The first-order chi connectivity index (χ1) is 14.4. The van der Waals surface area contributed by atoms with E-state index in [1.165, 1.54) is 13.8 Å². The molecule has 0 aliphatic heterocycles. The maximum Gasteiger partial charge on any atom is 0.303 e. The van der Waals surface area contributed by atoms with Gasteiger partial charge in [0.05, 0.1) is 0 Å². The summed E-state index contributed by atoms with van der Waals surface area (Å²) in [6.07, 6.45) is 5.35. The maximum atomic E-state index is 12.4. The fourth-order valence-corrected chi connectivity index (χ4v) is 8.56. The van der Waals surface area contributed by atoms with Crippen LogP contribution in [0.25, 0.3) is 0 Å². The van der Waals surface area contributed by atoms with Crippen LogP contribution in [0.4, 0.5) is 0 Å². The van der Waals surface area contributed by atoms with Crippen molar-refractivity contribution in [3.05, 3.63) is 0 Å². The summed E-state index contributed by atoms with van der Waals surface area (Å²) in [7, 11) is 0. The molecule has 0 aromatic heterocycles. The number of ether oxygens (including phenoxy) is 2. The summed E-state index contributed by atoms with van der Waals surface area (Å²) in [5.41, 5.74) is -1.64. The molecule has 0 heterocycles. The zero-order chi connectivity index (χ0) is 22.8. The summed E-state index contributed by atoms with van der Waals surface area (Å²) in [6.45, 7) is 8.96. The summed E-state index contributed by atoms with van der Waals surface area (Å²) in [5.74, 6) is 0.713. The van der Waals surface area contributed by atoms with Gasteiger partial charge in [0, 0.05) is 31.6 Å². The van der Waals surface area contributed by atoms with Crippen LogP contribution in [0.15, 0.2) is 0 Å². The van der Waals surface area contributed by atoms with E-state index in [9.17, 15) is 19.5 Å². The van der Waals surface area contributed by atoms with Crippen LogP contribution >= 0.6 is 0 Å². The Morgan fingerprint density at radius 3 is 2.16 bits per heavy atom. The van der Waals surface area contributed by atoms with Crippen molar-refractivity contribution in [3.8, 4) is 0 Å². The number of hydrogen-bond donors (Lipinski definition) is 1. The highest BCUT2D eigenvalue weighted by molar-refractivity contribution is 5.79. The number of hydrogen-bond acceptors (Lipinski definition) is 6. The number of carbonyl (C=O) groups excluding carboxylic acids is 3. The molecule has 1 N–H and O–H groups in total. The number of ketones is 1. The van der Waals surface area contributed by atoms with E-state index in [0.29, 0.717) is 42.8 Å². The van der Waals surface area contributed by atoms with E-state index >= 15 is 0 Å². The van der Waals surface area contributed by atoms with E-state index in [2.05, 4.69) is 13.8 Å².